The number of hydrogen-bond donors (Lipinski definition) is 2. The summed E-state index contributed by atoms with van der Waals surface area (Å²) in [5.41, 5.74) is 2.99. The van der Waals surface area contributed by atoms with E-state index in [0.717, 1.165) is 30.9 Å². The fraction of sp³-hybridized carbons (Fsp3) is 0.323. The Kier molecular flexibility index (Phi) is 9.90. The molecule has 0 aliphatic carbocycles. The van der Waals surface area contributed by atoms with Gasteiger partial charge in [0.05, 0.1) is 11.4 Å². The first-order chi connectivity index (χ1) is 20.3. The first kappa shape index (κ1) is 30.2. The zero-order valence-electron chi connectivity index (χ0n) is 23.0. The molecule has 2 aliphatic heterocycles. The van der Waals surface area contributed by atoms with Gasteiger partial charge < -0.3 is 25.3 Å². The average molecular weight is 629 g/mol. The summed E-state index contributed by atoms with van der Waals surface area (Å²) >= 11 is 18.4. The SMILES string of the molecule is O=C(NCCc1ccc(Cl)cc1Cl)c1ccc(N2CCN(C(=O)CCN3CC3)CC2)c(NC(=O)c2cccc(Cl)c2)c1. The minimum Gasteiger partial charge on any atom is -0.366 e. The molecule has 3 aromatic rings. The van der Waals surface area contributed by atoms with Crippen molar-refractivity contribution in [1.82, 2.24) is 15.1 Å². The summed E-state index contributed by atoms with van der Waals surface area (Å²) in [4.78, 5) is 45.2. The Hall–Kier alpha value is -3.30. The molecule has 42 heavy (non-hydrogen) atoms. The van der Waals surface area contributed by atoms with Gasteiger partial charge in [0.15, 0.2) is 0 Å². The highest BCUT2D eigenvalue weighted by molar-refractivity contribution is 6.35. The van der Waals surface area contributed by atoms with Crippen LogP contribution in [0.15, 0.2) is 60.7 Å². The van der Waals surface area contributed by atoms with Gasteiger partial charge in [0.2, 0.25) is 5.91 Å². The van der Waals surface area contributed by atoms with Crippen LogP contribution in [0.25, 0.3) is 0 Å². The molecule has 3 amide bonds. The van der Waals surface area contributed by atoms with Gasteiger partial charge in [-0.1, -0.05) is 46.9 Å². The second kappa shape index (κ2) is 13.8. The highest BCUT2D eigenvalue weighted by atomic mass is 35.5. The average Bonchev–Trinajstić information content (AvgIpc) is 3.82. The van der Waals surface area contributed by atoms with Gasteiger partial charge in [-0.2, -0.15) is 0 Å². The van der Waals surface area contributed by atoms with Crippen LogP contribution >= 0.6 is 34.8 Å². The molecule has 8 nitrogen and oxygen atoms in total. The first-order valence-electron chi connectivity index (χ1n) is 13.9. The second-order valence-electron chi connectivity index (χ2n) is 10.4. The monoisotopic (exact) mass is 627 g/mol. The Morgan fingerprint density at radius 1 is 0.762 bits per heavy atom. The van der Waals surface area contributed by atoms with Crippen LogP contribution in [-0.4, -0.2) is 79.9 Å². The Morgan fingerprint density at radius 3 is 2.21 bits per heavy atom. The molecule has 5 rings (SSSR count). The highest BCUT2D eigenvalue weighted by Crippen LogP contribution is 2.30. The normalized spacial score (nSPS) is 14.9. The molecule has 0 unspecified atom stereocenters. The summed E-state index contributed by atoms with van der Waals surface area (Å²) in [6.07, 6.45) is 1.08. The van der Waals surface area contributed by atoms with Crippen LogP contribution in [0, 0.1) is 0 Å². The molecular formula is C31H32Cl3N5O3. The van der Waals surface area contributed by atoms with E-state index in [4.69, 9.17) is 34.8 Å². The molecule has 0 bridgehead atoms. The van der Waals surface area contributed by atoms with E-state index in [1.54, 1.807) is 48.5 Å². The predicted octanol–water partition coefficient (Wildman–Crippen LogP) is 5.23. The quantitative estimate of drug-likeness (QED) is 0.301. The number of benzene rings is 3. The minimum atomic E-state index is -0.336. The maximum Gasteiger partial charge on any atom is 0.255 e. The van der Waals surface area contributed by atoms with Crippen molar-refractivity contribution < 1.29 is 14.4 Å². The number of hydrogen-bond acceptors (Lipinski definition) is 5. The zero-order chi connectivity index (χ0) is 29.6. The predicted molar refractivity (Wildman–Crippen MR) is 168 cm³/mol. The van der Waals surface area contributed by atoms with Gasteiger partial charge >= 0.3 is 0 Å². The summed E-state index contributed by atoms with van der Waals surface area (Å²) < 4.78 is 0. The van der Waals surface area contributed by atoms with Gasteiger partial charge in [-0.3, -0.25) is 14.4 Å². The third-order valence-electron chi connectivity index (χ3n) is 7.44. The molecule has 2 fully saturated rings. The number of nitrogens with one attached hydrogen (secondary N) is 2. The fourth-order valence-electron chi connectivity index (χ4n) is 4.92. The molecule has 0 radical (unpaired) electrons. The molecule has 2 aliphatic rings. The molecule has 220 valence electrons. The van der Waals surface area contributed by atoms with Gasteiger partial charge in [-0.05, 0) is 60.5 Å². The number of amides is 3. The van der Waals surface area contributed by atoms with Crippen molar-refractivity contribution >= 4 is 63.9 Å². The largest absolute Gasteiger partial charge is 0.366 e. The Balaban J connectivity index is 1.28. The van der Waals surface area contributed by atoms with Gasteiger partial charge in [0.1, 0.15) is 0 Å². The van der Waals surface area contributed by atoms with Gasteiger partial charge in [0.25, 0.3) is 11.8 Å². The summed E-state index contributed by atoms with van der Waals surface area (Å²) in [6.45, 7) is 5.76. The van der Waals surface area contributed by atoms with E-state index in [9.17, 15) is 14.4 Å². The van der Waals surface area contributed by atoms with Gasteiger partial charge in [-0.15, -0.1) is 0 Å². The van der Waals surface area contributed by atoms with Crippen LogP contribution in [-0.2, 0) is 11.2 Å². The second-order valence-corrected chi connectivity index (χ2v) is 11.7. The van der Waals surface area contributed by atoms with Crippen molar-refractivity contribution in [3.8, 4) is 0 Å². The smallest absolute Gasteiger partial charge is 0.255 e. The maximum atomic E-state index is 13.2. The number of nitrogens with zero attached hydrogens (tertiary/aromatic N) is 3. The Labute approximate surface area is 260 Å². The Bertz CT molecular complexity index is 1470. The van der Waals surface area contributed by atoms with Crippen LogP contribution in [0.2, 0.25) is 15.1 Å². The lowest BCUT2D eigenvalue weighted by Gasteiger charge is -2.37. The number of carbonyl (C=O) groups is 3. The number of carbonyl (C=O) groups excluding carboxylic acids is 3. The maximum absolute atomic E-state index is 13.2. The van der Waals surface area contributed by atoms with E-state index in [-0.39, 0.29) is 17.7 Å². The van der Waals surface area contributed by atoms with Crippen molar-refractivity contribution in [2.75, 3.05) is 62.6 Å². The number of rotatable bonds is 10. The summed E-state index contributed by atoms with van der Waals surface area (Å²) in [5, 5.41) is 7.47. The highest BCUT2D eigenvalue weighted by Gasteiger charge is 2.25. The topological polar surface area (TPSA) is 84.8 Å². The summed E-state index contributed by atoms with van der Waals surface area (Å²) in [6, 6.07) is 17.3. The van der Waals surface area contributed by atoms with Crippen molar-refractivity contribution in [1.29, 1.82) is 0 Å². The molecule has 2 saturated heterocycles. The molecule has 2 heterocycles. The molecule has 11 heteroatoms. The fourth-order valence-corrected chi connectivity index (χ4v) is 5.61. The van der Waals surface area contributed by atoms with Crippen LogP contribution in [0.3, 0.4) is 0 Å². The van der Waals surface area contributed by atoms with E-state index in [0.29, 0.717) is 77.4 Å². The van der Waals surface area contributed by atoms with E-state index >= 15 is 0 Å². The van der Waals surface area contributed by atoms with Gasteiger partial charge in [0, 0.05) is 85.0 Å². The molecule has 0 atom stereocenters. The van der Waals surface area contributed by atoms with Crippen LogP contribution < -0.4 is 15.5 Å². The standard InChI is InChI=1S/C31H32Cl3N5O3/c32-24-3-1-2-22(18-24)31(42)36-27-19-23(30(41)35-10-8-21-4-6-25(33)20-26(21)34)5-7-28(27)38-14-16-39(17-15-38)29(40)9-11-37-12-13-37/h1-7,18-20H,8-17H2,(H,35,41)(H,36,42). The van der Waals surface area contributed by atoms with Crippen molar-refractivity contribution in [2.45, 2.75) is 12.8 Å². The summed E-state index contributed by atoms with van der Waals surface area (Å²) in [5.74, 6) is -0.438. The molecule has 3 aromatic carbocycles. The Morgan fingerprint density at radius 2 is 1.50 bits per heavy atom. The lowest BCUT2D eigenvalue weighted by molar-refractivity contribution is -0.131. The molecule has 2 N–H and O–H groups in total. The summed E-state index contributed by atoms with van der Waals surface area (Å²) in [7, 11) is 0. The lowest BCUT2D eigenvalue weighted by atomic mass is 10.1. The number of halogens is 3. The van der Waals surface area contributed by atoms with E-state index < -0.39 is 0 Å². The molecular weight excluding hydrogens is 597 g/mol. The third-order valence-corrected chi connectivity index (χ3v) is 8.27. The van der Waals surface area contributed by atoms with Gasteiger partial charge in [-0.25, -0.2) is 0 Å². The van der Waals surface area contributed by atoms with Crippen molar-refractivity contribution in [3.63, 3.8) is 0 Å². The first-order valence-corrected chi connectivity index (χ1v) is 15.1. The number of piperazine rings is 1. The lowest BCUT2D eigenvalue weighted by Crippen LogP contribution is -2.49. The molecule has 0 saturated carbocycles. The van der Waals surface area contributed by atoms with Crippen molar-refractivity contribution in [2.24, 2.45) is 0 Å². The van der Waals surface area contributed by atoms with E-state index in [1.165, 1.54) is 0 Å². The minimum absolute atomic E-state index is 0.169. The molecule has 0 spiro atoms. The van der Waals surface area contributed by atoms with Crippen LogP contribution in [0.5, 0.6) is 0 Å². The van der Waals surface area contributed by atoms with E-state index in [2.05, 4.69) is 20.4 Å². The third kappa shape index (κ3) is 7.95. The molecule has 0 aromatic heterocycles. The van der Waals surface area contributed by atoms with Crippen molar-refractivity contribution in [3.05, 3.63) is 92.4 Å². The van der Waals surface area contributed by atoms with E-state index in [1.807, 2.05) is 17.0 Å². The zero-order valence-corrected chi connectivity index (χ0v) is 25.3. The van der Waals surface area contributed by atoms with Crippen LogP contribution in [0.1, 0.15) is 32.7 Å². The number of anilines is 2. The van der Waals surface area contributed by atoms with Crippen LogP contribution in [0.4, 0.5) is 11.4 Å².